The number of carboxylic acid groups (broad SMARTS) is 1. The van der Waals surface area contributed by atoms with Crippen LogP contribution in [0, 0.1) is 6.92 Å². The molecule has 4 heteroatoms. The van der Waals surface area contributed by atoms with Crippen LogP contribution in [-0.4, -0.2) is 22.5 Å². The first-order valence-electron chi connectivity index (χ1n) is 3.58. The molecule has 0 aliphatic heterocycles. The molecular formula is C9H8O4. The summed E-state index contributed by atoms with van der Waals surface area (Å²) in [6.45, 7) is 1.64. The summed E-state index contributed by atoms with van der Waals surface area (Å²) in [6.07, 6.45) is 0.332. The molecule has 0 aliphatic rings. The summed E-state index contributed by atoms with van der Waals surface area (Å²) >= 11 is 0. The second-order valence-corrected chi connectivity index (χ2v) is 2.67. The van der Waals surface area contributed by atoms with E-state index in [-0.39, 0.29) is 16.9 Å². The van der Waals surface area contributed by atoms with E-state index in [9.17, 15) is 14.7 Å². The molecular weight excluding hydrogens is 172 g/mol. The number of aryl methyl sites for hydroxylation is 1. The number of aromatic carboxylic acids is 1. The van der Waals surface area contributed by atoms with Crippen LogP contribution in [0.1, 0.15) is 26.3 Å². The molecule has 0 bridgehead atoms. The molecule has 0 heterocycles. The van der Waals surface area contributed by atoms with Gasteiger partial charge in [0.1, 0.15) is 5.75 Å². The Hall–Kier alpha value is -1.84. The van der Waals surface area contributed by atoms with Crippen LogP contribution in [0.4, 0.5) is 0 Å². The minimum Gasteiger partial charge on any atom is -0.507 e. The van der Waals surface area contributed by atoms with Crippen molar-refractivity contribution in [2.45, 2.75) is 6.92 Å². The van der Waals surface area contributed by atoms with Crippen LogP contribution in [0.15, 0.2) is 12.1 Å². The lowest BCUT2D eigenvalue weighted by Gasteiger charge is -2.03. The quantitative estimate of drug-likeness (QED) is 0.671. The van der Waals surface area contributed by atoms with Crippen LogP contribution in [0.3, 0.4) is 0 Å². The van der Waals surface area contributed by atoms with Crippen molar-refractivity contribution in [1.82, 2.24) is 0 Å². The van der Waals surface area contributed by atoms with Crippen molar-refractivity contribution < 1.29 is 19.8 Å². The van der Waals surface area contributed by atoms with Gasteiger partial charge in [-0.15, -0.1) is 0 Å². The van der Waals surface area contributed by atoms with Crippen LogP contribution >= 0.6 is 0 Å². The summed E-state index contributed by atoms with van der Waals surface area (Å²) in [5.74, 6) is -1.52. The Kier molecular flexibility index (Phi) is 2.32. The van der Waals surface area contributed by atoms with E-state index in [1.807, 2.05) is 0 Å². The van der Waals surface area contributed by atoms with Gasteiger partial charge in [-0.1, -0.05) is 0 Å². The zero-order chi connectivity index (χ0) is 10.0. The number of aromatic hydroxyl groups is 1. The van der Waals surface area contributed by atoms with Crippen molar-refractivity contribution in [3.63, 3.8) is 0 Å². The van der Waals surface area contributed by atoms with E-state index < -0.39 is 5.97 Å². The van der Waals surface area contributed by atoms with E-state index in [0.29, 0.717) is 11.8 Å². The number of hydrogen-bond donors (Lipinski definition) is 2. The number of benzene rings is 1. The third-order valence-corrected chi connectivity index (χ3v) is 1.65. The minimum absolute atomic E-state index is 0.174. The van der Waals surface area contributed by atoms with Crippen LogP contribution in [-0.2, 0) is 0 Å². The third kappa shape index (κ3) is 1.66. The maximum absolute atomic E-state index is 10.6. The van der Waals surface area contributed by atoms with E-state index in [4.69, 9.17) is 5.11 Å². The van der Waals surface area contributed by atoms with Crippen molar-refractivity contribution in [3.05, 3.63) is 28.8 Å². The molecule has 0 saturated heterocycles. The van der Waals surface area contributed by atoms with Gasteiger partial charge in [0.25, 0.3) is 0 Å². The second kappa shape index (κ2) is 3.26. The van der Waals surface area contributed by atoms with Crippen LogP contribution in [0.5, 0.6) is 5.75 Å². The predicted octanol–water partition coefficient (Wildman–Crippen LogP) is 1.21. The molecule has 0 atom stereocenters. The SMILES string of the molecule is Cc1cc(O)c(C=O)c(C(=O)O)c1. The Labute approximate surface area is 74.4 Å². The van der Waals surface area contributed by atoms with Gasteiger partial charge in [0.15, 0.2) is 6.29 Å². The Morgan fingerprint density at radius 3 is 2.54 bits per heavy atom. The van der Waals surface area contributed by atoms with E-state index in [2.05, 4.69) is 0 Å². The smallest absolute Gasteiger partial charge is 0.336 e. The molecule has 0 aliphatic carbocycles. The van der Waals surface area contributed by atoms with Gasteiger partial charge in [-0.3, -0.25) is 4.79 Å². The molecule has 0 saturated carbocycles. The van der Waals surface area contributed by atoms with E-state index in [1.54, 1.807) is 6.92 Å². The number of phenols is 1. The fraction of sp³-hybridized carbons (Fsp3) is 0.111. The highest BCUT2D eigenvalue weighted by Gasteiger charge is 2.13. The highest BCUT2D eigenvalue weighted by molar-refractivity contribution is 5.99. The van der Waals surface area contributed by atoms with Gasteiger partial charge in [0.05, 0.1) is 11.1 Å². The Morgan fingerprint density at radius 1 is 1.46 bits per heavy atom. The number of rotatable bonds is 2. The summed E-state index contributed by atoms with van der Waals surface area (Å²) in [5, 5.41) is 17.9. The van der Waals surface area contributed by atoms with Crippen LogP contribution < -0.4 is 0 Å². The van der Waals surface area contributed by atoms with Gasteiger partial charge in [-0.25, -0.2) is 4.79 Å². The Morgan fingerprint density at radius 2 is 2.08 bits per heavy atom. The van der Waals surface area contributed by atoms with Crippen molar-refractivity contribution in [3.8, 4) is 5.75 Å². The molecule has 13 heavy (non-hydrogen) atoms. The lowest BCUT2D eigenvalue weighted by molar-refractivity contribution is 0.0693. The van der Waals surface area contributed by atoms with Crippen molar-refractivity contribution in [2.24, 2.45) is 0 Å². The Balaban J connectivity index is 3.46. The molecule has 0 amide bonds. The second-order valence-electron chi connectivity index (χ2n) is 2.67. The number of carbonyl (C=O) groups is 2. The number of carbonyl (C=O) groups excluding carboxylic acids is 1. The maximum Gasteiger partial charge on any atom is 0.336 e. The lowest BCUT2D eigenvalue weighted by Crippen LogP contribution is -2.02. The first kappa shape index (κ1) is 9.25. The number of hydrogen-bond acceptors (Lipinski definition) is 3. The summed E-state index contributed by atoms with van der Waals surface area (Å²) < 4.78 is 0. The highest BCUT2D eigenvalue weighted by atomic mass is 16.4. The van der Waals surface area contributed by atoms with Gasteiger partial charge in [-0.05, 0) is 24.6 Å². The minimum atomic E-state index is -1.22. The van der Waals surface area contributed by atoms with Gasteiger partial charge in [0.2, 0.25) is 0 Å². The van der Waals surface area contributed by atoms with Gasteiger partial charge in [0, 0.05) is 0 Å². The monoisotopic (exact) mass is 180 g/mol. The molecule has 0 spiro atoms. The molecule has 1 aromatic rings. The first-order valence-corrected chi connectivity index (χ1v) is 3.58. The lowest BCUT2D eigenvalue weighted by atomic mass is 10.0. The summed E-state index contributed by atoms with van der Waals surface area (Å²) in [5.41, 5.74) is 0.242. The van der Waals surface area contributed by atoms with Gasteiger partial charge >= 0.3 is 5.97 Å². The topological polar surface area (TPSA) is 74.6 Å². The number of phenolic OH excluding ortho intramolecular Hbond substituents is 1. The average Bonchev–Trinajstić information content (AvgIpc) is 2.02. The molecule has 0 aromatic heterocycles. The third-order valence-electron chi connectivity index (χ3n) is 1.65. The predicted molar refractivity (Wildman–Crippen MR) is 45.2 cm³/mol. The number of carboxylic acids is 1. The molecule has 0 fully saturated rings. The zero-order valence-electron chi connectivity index (χ0n) is 6.94. The molecule has 1 rings (SSSR count). The van der Waals surface area contributed by atoms with Crippen molar-refractivity contribution in [1.29, 1.82) is 0 Å². The van der Waals surface area contributed by atoms with Gasteiger partial charge in [-0.2, -0.15) is 0 Å². The first-order chi connectivity index (χ1) is 6.06. The Bertz CT molecular complexity index is 368. The van der Waals surface area contributed by atoms with Crippen LogP contribution in [0.25, 0.3) is 0 Å². The summed E-state index contributed by atoms with van der Waals surface area (Å²) in [4.78, 5) is 21.1. The summed E-state index contributed by atoms with van der Waals surface area (Å²) in [7, 11) is 0. The fourth-order valence-corrected chi connectivity index (χ4v) is 1.08. The fourth-order valence-electron chi connectivity index (χ4n) is 1.08. The van der Waals surface area contributed by atoms with E-state index in [1.165, 1.54) is 12.1 Å². The standard InChI is InChI=1S/C9H8O4/c1-5-2-6(9(12)13)7(4-10)8(11)3-5/h2-4,11H,1H3,(H,12,13). The van der Waals surface area contributed by atoms with Gasteiger partial charge < -0.3 is 10.2 Å². The van der Waals surface area contributed by atoms with Crippen molar-refractivity contribution >= 4 is 12.3 Å². The van der Waals surface area contributed by atoms with Crippen molar-refractivity contribution in [2.75, 3.05) is 0 Å². The molecule has 1 aromatic carbocycles. The van der Waals surface area contributed by atoms with E-state index >= 15 is 0 Å². The molecule has 2 N–H and O–H groups in total. The molecule has 0 radical (unpaired) electrons. The largest absolute Gasteiger partial charge is 0.507 e. The summed E-state index contributed by atoms with van der Waals surface area (Å²) in [6, 6.07) is 2.68. The number of aldehydes is 1. The molecule has 4 nitrogen and oxygen atoms in total. The highest BCUT2D eigenvalue weighted by Crippen LogP contribution is 2.21. The molecule has 68 valence electrons. The molecule has 0 unspecified atom stereocenters. The normalized spacial score (nSPS) is 9.62. The average molecular weight is 180 g/mol. The zero-order valence-corrected chi connectivity index (χ0v) is 6.94. The maximum atomic E-state index is 10.6. The van der Waals surface area contributed by atoms with Crippen LogP contribution in [0.2, 0.25) is 0 Å². The van der Waals surface area contributed by atoms with E-state index in [0.717, 1.165) is 0 Å².